The Hall–Kier alpha value is -1.34. The highest BCUT2D eigenvalue weighted by atomic mass is 32.2. The Balaban J connectivity index is 2.90. The average molecular weight is 247 g/mol. The summed E-state index contributed by atoms with van der Waals surface area (Å²) < 4.78 is 36.0. The van der Waals surface area contributed by atoms with E-state index in [0.29, 0.717) is 17.1 Å². The molecule has 1 heterocycles. The second-order valence-corrected chi connectivity index (χ2v) is 4.56. The molecule has 0 fully saturated rings. The van der Waals surface area contributed by atoms with Crippen molar-refractivity contribution in [2.75, 3.05) is 6.54 Å². The molecule has 0 aliphatic rings. The summed E-state index contributed by atoms with van der Waals surface area (Å²) in [5.74, 6) is -0.787. The molecule has 0 saturated heterocycles. The van der Waals surface area contributed by atoms with Crippen molar-refractivity contribution in [1.29, 1.82) is 0 Å². The fraction of sp³-hybridized carbons (Fsp3) is 0.444. The van der Waals surface area contributed by atoms with Gasteiger partial charge in [0.15, 0.2) is 0 Å². The average Bonchev–Trinajstić information content (AvgIpc) is 2.68. The zero-order chi connectivity index (χ0) is 12.2. The third-order valence-corrected chi connectivity index (χ3v) is 2.89. The van der Waals surface area contributed by atoms with Crippen LogP contribution in [0.3, 0.4) is 0 Å². The van der Waals surface area contributed by atoms with Gasteiger partial charge in [-0.05, 0) is 12.5 Å². The molecule has 1 aromatic rings. The van der Waals surface area contributed by atoms with Crippen LogP contribution in [0.25, 0.3) is 0 Å². The molecular weight excluding hydrogens is 234 g/mol. The summed E-state index contributed by atoms with van der Waals surface area (Å²) in [5, 5.41) is 0. The lowest BCUT2D eigenvalue weighted by Gasteiger charge is -2.17. The maximum atomic E-state index is 11.7. The van der Waals surface area contributed by atoms with E-state index >= 15 is 0 Å². The fourth-order valence-electron chi connectivity index (χ4n) is 1.15. The van der Waals surface area contributed by atoms with Crippen molar-refractivity contribution < 1.29 is 22.2 Å². The van der Waals surface area contributed by atoms with Gasteiger partial charge in [0.1, 0.15) is 6.26 Å². The van der Waals surface area contributed by atoms with E-state index in [4.69, 9.17) is 4.55 Å². The number of furan rings is 1. The van der Waals surface area contributed by atoms with Gasteiger partial charge >= 0.3 is 10.3 Å². The molecule has 0 radical (unpaired) electrons. The summed E-state index contributed by atoms with van der Waals surface area (Å²) in [6.45, 7) is 1.81. The largest absolute Gasteiger partial charge is 0.472 e. The molecule has 0 atom stereocenters. The molecule has 0 aliphatic carbocycles. The molecule has 0 aromatic carbocycles. The second-order valence-electron chi connectivity index (χ2n) is 3.22. The third-order valence-electron chi connectivity index (χ3n) is 1.99. The molecule has 0 spiro atoms. The van der Waals surface area contributed by atoms with Gasteiger partial charge in [0, 0.05) is 6.54 Å². The Bertz CT molecular complexity index is 436. The van der Waals surface area contributed by atoms with Crippen LogP contribution in [0.2, 0.25) is 0 Å². The van der Waals surface area contributed by atoms with Gasteiger partial charge in [-0.15, -0.1) is 0 Å². The van der Waals surface area contributed by atoms with E-state index in [9.17, 15) is 13.2 Å². The third kappa shape index (κ3) is 3.07. The number of nitrogens with zero attached hydrogens (tertiary/aromatic N) is 1. The summed E-state index contributed by atoms with van der Waals surface area (Å²) in [4.78, 5) is 11.7. The van der Waals surface area contributed by atoms with Gasteiger partial charge in [0.2, 0.25) is 0 Å². The number of carbonyl (C=O) groups is 1. The summed E-state index contributed by atoms with van der Waals surface area (Å²) in [6.07, 6.45) is 3.59. The van der Waals surface area contributed by atoms with Gasteiger partial charge in [0.25, 0.3) is 5.91 Å². The zero-order valence-corrected chi connectivity index (χ0v) is 9.61. The molecule has 90 valence electrons. The maximum absolute atomic E-state index is 11.7. The van der Waals surface area contributed by atoms with Crippen molar-refractivity contribution in [1.82, 2.24) is 4.31 Å². The molecular formula is C9H13NO5S. The van der Waals surface area contributed by atoms with Crippen LogP contribution in [0.4, 0.5) is 0 Å². The SMILES string of the molecule is CCCCN(C(=O)c1ccoc1)S(=O)(=O)O. The van der Waals surface area contributed by atoms with E-state index in [0.717, 1.165) is 6.26 Å². The highest BCUT2D eigenvalue weighted by Gasteiger charge is 2.26. The zero-order valence-electron chi connectivity index (χ0n) is 8.79. The molecule has 7 heteroatoms. The molecule has 1 amide bonds. The number of hydrogen-bond acceptors (Lipinski definition) is 4. The van der Waals surface area contributed by atoms with Gasteiger partial charge in [-0.1, -0.05) is 13.3 Å². The maximum Gasteiger partial charge on any atom is 0.362 e. The second kappa shape index (κ2) is 5.13. The first-order chi connectivity index (χ1) is 7.46. The van der Waals surface area contributed by atoms with Gasteiger partial charge in [-0.3, -0.25) is 9.35 Å². The summed E-state index contributed by atoms with van der Waals surface area (Å²) >= 11 is 0. The monoisotopic (exact) mass is 247 g/mol. The van der Waals surface area contributed by atoms with E-state index in [1.54, 1.807) is 0 Å². The lowest BCUT2D eigenvalue weighted by molar-refractivity contribution is 0.0850. The molecule has 0 aliphatic heterocycles. The van der Waals surface area contributed by atoms with Crippen molar-refractivity contribution in [2.45, 2.75) is 19.8 Å². The van der Waals surface area contributed by atoms with E-state index in [2.05, 4.69) is 4.42 Å². The van der Waals surface area contributed by atoms with Crippen LogP contribution in [0.15, 0.2) is 23.0 Å². The van der Waals surface area contributed by atoms with Crippen molar-refractivity contribution in [3.8, 4) is 0 Å². The Morgan fingerprint density at radius 1 is 1.56 bits per heavy atom. The molecule has 0 bridgehead atoms. The van der Waals surface area contributed by atoms with Crippen LogP contribution in [-0.4, -0.2) is 29.7 Å². The highest BCUT2D eigenvalue weighted by Crippen LogP contribution is 2.10. The molecule has 0 saturated carbocycles. The quantitative estimate of drug-likeness (QED) is 0.793. The first kappa shape index (κ1) is 12.7. The van der Waals surface area contributed by atoms with Crippen LogP contribution in [-0.2, 0) is 10.3 Å². The van der Waals surface area contributed by atoms with E-state index in [1.807, 2.05) is 6.92 Å². The van der Waals surface area contributed by atoms with E-state index in [-0.39, 0.29) is 12.1 Å². The topological polar surface area (TPSA) is 87.8 Å². The van der Waals surface area contributed by atoms with Crippen LogP contribution in [0.5, 0.6) is 0 Å². The predicted octanol–water partition coefficient (Wildman–Crippen LogP) is 1.32. The number of carbonyl (C=O) groups excluding carboxylic acids is 1. The Kier molecular flexibility index (Phi) is 4.08. The normalized spacial score (nSPS) is 11.4. The Morgan fingerprint density at radius 2 is 2.25 bits per heavy atom. The number of unbranched alkanes of at least 4 members (excludes halogenated alkanes) is 1. The highest BCUT2D eigenvalue weighted by molar-refractivity contribution is 7.84. The smallest absolute Gasteiger partial charge is 0.362 e. The minimum Gasteiger partial charge on any atom is -0.472 e. The molecule has 16 heavy (non-hydrogen) atoms. The summed E-state index contributed by atoms with van der Waals surface area (Å²) in [7, 11) is -4.52. The van der Waals surface area contributed by atoms with Gasteiger partial charge in [-0.2, -0.15) is 8.42 Å². The molecule has 1 rings (SSSR count). The molecule has 0 unspecified atom stereocenters. The first-order valence-electron chi connectivity index (χ1n) is 4.78. The standard InChI is InChI=1S/C9H13NO5S/c1-2-3-5-10(16(12,13)14)9(11)8-4-6-15-7-8/h4,6-7H,2-3,5H2,1H3,(H,12,13,14). The number of amides is 1. The van der Waals surface area contributed by atoms with Crippen LogP contribution < -0.4 is 0 Å². The van der Waals surface area contributed by atoms with Crippen molar-refractivity contribution in [3.63, 3.8) is 0 Å². The number of rotatable bonds is 5. The van der Waals surface area contributed by atoms with E-state index in [1.165, 1.54) is 12.3 Å². The minimum absolute atomic E-state index is 0.0423. The van der Waals surface area contributed by atoms with Crippen molar-refractivity contribution in [3.05, 3.63) is 24.2 Å². The predicted molar refractivity (Wildman–Crippen MR) is 56.2 cm³/mol. The van der Waals surface area contributed by atoms with Crippen LogP contribution in [0.1, 0.15) is 30.1 Å². The molecule has 6 nitrogen and oxygen atoms in total. The molecule has 1 N–H and O–H groups in total. The van der Waals surface area contributed by atoms with Gasteiger partial charge in [-0.25, -0.2) is 4.31 Å². The lowest BCUT2D eigenvalue weighted by Crippen LogP contribution is -2.37. The first-order valence-corrected chi connectivity index (χ1v) is 6.18. The van der Waals surface area contributed by atoms with Crippen molar-refractivity contribution >= 4 is 16.2 Å². The number of hydrogen-bond donors (Lipinski definition) is 1. The summed E-state index contributed by atoms with van der Waals surface area (Å²) in [6, 6.07) is 1.34. The lowest BCUT2D eigenvalue weighted by atomic mass is 10.3. The Morgan fingerprint density at radius 3 is 2.69 bits per heavy atom. The van der Waals surface area contributed by atoms with Gasteiger partial charge < -0.3 is 4.42 Å². The van der Waals surface area contributed by atoms with Crippen LogP contribution >= 0.6 is 0 Å². The minimum atomic E-state index is -4.52. The fourth-order valence-corrected chi connectivity index (χ4v) is 1.83. The molecule has 1 aromatic heterocycles. The Labute approximate surface area is 93.7 Å². The van der Waals surface area contributed by atoms with E-state index < -0.39 is 16.2 Å². The van der Waals surface area contributed by atoms with Crippen LogP contribution in [0, 0.1) is 0 Å². The van der Waals surface area contributed by atoms with Crippen molar-refractivity contribution in [2.24, 2.45) is 0 Å². The summed E-state index contributed by atoms with van der Waals surface area (Å²) in [5.41, 5.74) is 0.0914. The van der Waals surface area contributed by atoms with Gasteiger partial charge in [0.05, 0.1) is 11.8 Å².